The van der Waals surface area contributed by atoms with Gasteiger partial charge in [-0.05, 0) is 50.1 Å². The largest absolute Gasteiger partial charge is 0.483 e. The van der Waals surface area contributed by atoms with Crippen molar-refractivity contribution in [1.82, 2.24) is 5.01 Å². The van der Waals surface area contributed by atoms with Gasteiger partial charge in [-0.2, -0.15) is 5.26 Å². The molecule has 4 unspecified atom stereocenters. The number of rotatable bonds is 4. The number of benzene rings is 2. The Bertz CT molecular complexity index is 1280. The van der Waals surface area contributed by atoms with E-state index in [4.69, 9.17) is 25.8 Å². The lowest BCUT2D eigenvalue weighted by atomic mass is 9.87. The minimum atomic E-state index is -0.914. The number of carbonyl (C=O) groups is 2. The van der Waals surface area contributed by atoms with Gasteiger partial charge in [0, 0.05) is 23.4 Å². The van der Waals surface area contributed by atoms with Gasteiger partial charge in [0.2, 0.25) is 11.8 Å². The predicted octanol–water partition coefficient (Wildman–Crippen LogP) is 4.36. The van der Waals surface area contributed by atoms with Crippen LogP contribution in [0.4, 0.5) is 0 Å². The third-order valence-electron chi connectivity index (χ3n) is 6.50. The average Bonchev–Trinajstić information content (AvgIpc) is 3.61. The maximum atomic E-state index is 12.9. The minimum absolute atomic E-state index is 0.0710. The highest BCUT2D eigenvalue weighted by Crippen LogP contribution is 2.49. The lowest BCUT2D eigenvalue weighted by Crippen LogP contribution is -2.52. The second-order valence-corrected chi connectivity index (χ2v) is 9.92. The van der Waals surface area contributed by atoms with Crippen LogP contribution in [0.2, 0.25) is 5.02 Å². The Kier molecular flexibility index (Phi) is 5.68. The van der Waals surface area contributed by atoms with Crippen molar-refractivity contribution in [2.75, 3.05) is 0 Å². The van der Waals surface area contributed by atoms with E-state index in [1.807, 2.05) is 32.0 Å². The molecule has 0 N–H and O–H groups in total. The van der Waals surface area contributed by atoms with E-state index >= 15 is 0 Å². The molecule has 5 rings (SSSR count). The zero-order valence-electron chi connectivity index (χ0n) is 19.5. The first kappa shape index (κ1) is 23.2. The molecule has 1 fully saturated rings. The lowest BCUT2D eigenvalue weighted by Gasteiger charge is -2.43. The number of hydrogen-bond donors (Lipinski definition) is 0. The molecule has 3 aliphatic rings. The van der Waals surface area contributed by atoms with E-state index in [1.165, 1.54) is 11.9 Å². The van der Waals surface area contributed by atoms with Gasteiger partial charge in [-0.25, -0.2) is 5.01 Å². The molecule has 9 heteroatoms. The van der Waals surface area contributed by atoms with Crippen LogP contribution in [0.1, 0.15) is 50.0 Å². The smallest absolute Gasteiger partial charge is 0.303 e. The van der Waals surface area contributed by atoms with Crippen molar-refractivity contribution in [3.05, 3.63) is 64.2 Å². The normalized spacial score (nSPS) is 25.9. The molecule has 2 aromatic carbocycles. The molecule has 0 spiro atoms. The summed E-state index contributed by atoms with van der Waals surface area (Å²) in [4.78, 5) is 24.9. The molecule has 2 aliphatic heterocycles. The van der Waals surface area contributed by atoms with Gasteiger partial charge >= 0.3 is 5.97 Å². The van der Waals surface area contributed by atoms with Gasteiger partial charge in [-0.1, -0.05) is 29.8 Å². The van der Waals surface area contributed by atoms with Gasteiger partial charge in [-0.3, -0.25) is 9.59 Å². The Labute approximate surface area is 208 Å². The van der Waals surface area contributed by atoms with Crippen LogP contribution in [0.25, 0.3) is 0 Å². The molecular weight excluding hydrogens is 470 g/mol. The van der Waals surface area contributed by atoms with Crippen LogP contribution >= 0.6 is 11.6 Å². The van der Waals surface area contributed by atoms with Crippen LogP contribution in [0.5, 0.6) is 5.75 Å². The molecule has 8 nitrogen and oxygen atoms in total. The highest BCUT2D eigenvalue weighted by Gasteiger charge is 2.55. The SMILES string of the molecule is CC(=O)OC1C(OC2=NN(Cc3ccccc3Cl)C(=O)C3CC23)c2cc(C#N)ccc2OC1(C)C. The summed E-state index contributed by atoms with van der Waals surface area (Å²) in [5.41, 5.74) is 0.873. The molecule has 4 atom stereocenters. The Morgan fingerprint density at radius 3 is 2.77 bits per heavy atom. The van der Waals surface area contributed by atoms with Crippen molar-refractivity contribution in [3.63, 3.8) is 0 Å². The Morgan fingerprint density at radius 1 is 1.29 bits per heavy atom. The zero-order chi connectivity index (χ0) is 24.9. The fourth-order valence-corrected chi connectivity index (χ4v) is 4.82. The number of nitriles is 1. The second-order valence-electron chi connectivity index (χ2n) is 9.51. The van der Waals surface area contributed by atoms with Crippen molar-refractivity contribution < 1.29 is 23.8 Å². The van der Waals surface area contributed by atoms with Crippen molar-refractivity contribution in [2.45, 2.75) is 51.5 Å². The van der Waals surface area contributed by atoms with E-state index in [1.54, 1.807) is 24.3 Å². The summed E-state index contributed by atoms with van der Waals surface area (Å²) in [6.07, 6.45) is -0.954. The number of hydrogen-bond acceptors (Lipinski definition) is 7. The van der Waals surface area contributed by atoms with Crippen LogP contribution < -0.4 is 4.74 Å². The van der Waals surface area contributed by atoms with Gasteiger partial charge in [-0.15, -0.1) is 5.10 Å². The number of halogens is 1. The summed E-state index contributed by atoms with van der Waals surface area (Å²) in [6.45, 7) is 5.17. The number of amides is 1. The summed E-state index contributed by atoms with van der Waals surface area (Å²) >= 11 is 6.31. The van der Waals surface area contributed by atoms with Gasteiger partial charge in [0.15, 0.2) is 12.2 Å². The van der Waals surface area contributed by atoms with Crippen LogP contribution in [-0.2, 0) is 25.6 Å². The lowest BCUT2D eigenvalue weighted by molar-refractivity contribution is -0.173. The maximum absolute atomic E-state index is 12.9. The predicted molar refractivity (Wildman–Crippen MR) is 126 cm³/mol. The number of esters is 1. The first-order valence-electron chi connectivity index (χ1n) is 11.4. The second kappa shape index (κ2) is 8.58. The van der Waals surface area contributed by atoms with E-state index in [0.29, 0.717) is 34.2 Å². The quantitative estimate of drug-likeness (QED) is 0.586. The Hall–Kier alpha value is -3.57. The number of ether oxygens (including phenoxy) is 3. The molecule has 180 valence electrons. The zero-order valence-corrected chi connectivity index (χ0v) is 20.3. The van der Waals surface area contributed by atoms with E-state index < -0.39 is 23.8 Å². The summed E-state index contributed by atoms with van der Waals surface area (Å²) in [5.74, 6) is 0.0280. The van der Waals surface area contributed by atoms with Crippen molar-refractivity contribution in [2.24, 2.45) is 16.9 Å². The van der Waals surface area contributed by atoms with Crippen LogP contribution in [0.3, 0.4) is 0 Å². The molecule has 0 radical (unpaired) electrons. The highest BCUT2D eigenvalue weighted by molar-refractivity contribution is 6.31. The molecule has 2 aromatic rings. The van der Waals surface area contributed by atoms with E-state index in [9.17, 15) is 14.9 Å². The summed E-state index contributed by atoms with van der Waals surface area (Å²) in [7, 11) is 0. The fourth-order valence-electron chi connectivity index (χ4n) is 4.63. The maximum Gasteiger partial charge on any atom is 0.303 e. The topological polar surface area (TPSA) is 101 Å². The number of nitrogens with zero attached hydrogens (tertiary/aromatic N) is 3. The van der Waals surface area contributed by atoms with E-state index in [-0.39, 0.29) is 24.3 Å². The Morgan fingerprint density at radius 2 is 2.06 bits per heavy atom. The number of carbonyl (C=O) groups excluding carboxylic acids is 2. The third-order valence-corrected chi connectivity index (χ3v) is 6.86. The molecule has 0 bridgehead atoms. The standard InChI is InChI=1S/C26H24ClN3O5/c1-14(31)33-23-22(19-10-15(12-28)8-9-21(19)35-26(23,2)3)34-24-17-11-18(17)25(32)30(29-24)13-16-6-4-5-7-20(16)27/h4-10,17-18,22-23H,11,13H2,1-3H3. The number of hydrazone groups is 1. The molecule has 0 aromatic heterocycles. The minimum Gasteiger partial charge on any atom is -0.483 e. The van der Waals surface area contributed by atoms with Crippen molar-refractivity contribution in [3.8, 4) is 11.8 Å². The van der Waals surface area contributed by atoms with Gasteiger partial charge in [0.1, 0.15) is 11.4 Å². The average molecular weight is 494 g/mol. The van der Waals surface area contributed by atoms with Crippen molar-refractivity contribution >= 4 is 29.4 Å². The van der Waals surface area contributed by atoms with Crippen LogP contribution in [0, 0.1) is 23.2 Å². The van der Waals surface area contributed by atoms with Crippen molar-refractivity contribution in [1.29, 1.82) is 5.26 Å². The third kappa shape index (κ3) is 4.32. The molecule has 1 saturated carbocycles. The van der Waals surface area contributed by atoms with Gasteiger partial charge in [0.25, 0.3) is 0 Å². The first-order valence-corrected chi connectivity index (χ1v) is 11.8. The van der Waals surface area contributed by atoms with Crippen LogP contribution in [-0.4, -0.2) is 34.5 Å². The summed E-state index contributed by atoms with van der Waals surface area (Å²) in [6, 6.07) is 14.5. The van der Waals surface area contributed by atoms with E-state index in [2.05, 4.69) is 11.2 Å². The summed E-state index contributed by atoms with van der Waals surface area (Å²) < 4.78 is 18.3. The van der Waals surface area contributed by atoms with E-state index in [0.717, 1.165) is 5.56 Å². The molecule has 1 amide bonds. The number of fused-ring (bicyclic) bond motifs is 2. The highest BCUT2D eigenvalue weighted by atomic mass is 35.5. The molecule has 2 heterocycles. The van der Waals surface area contributed by atoms with Crippen LogP contribution in [0.15, 0.2) is 47.6 Å². The first-order chi connectivity index (χ1) is 16.7. The van der Waals surface area contributed by atoms with Gasteiger partial charge < -0.3 is 14.2 Å². The molecule has 0 saturated heterocycles. The monoisotopic (exact) mass is 493 g/mol. The van der Waals surface area contributed by atoms with Gasteiger partial charge in [0.05, 0.1) is 24.1 Å². The Balaban J connectivity index is 1.52. The summed E-state index contributed by atoms with van der Waals surface area (Å²) in [5, 5.41) is 15.9. The molecule has 35 heavy (non-hydrogen) atoms. The molecular formula is C26H24ClN3O5. The molecule has 1 aliphatic carbocycles. The fraction of sp³-hybridized carbons (Fsp3) is 0.385.